The molecule has 0 saturated carbocycles. The molecule has 0 unspecified atom stereocenters. The molecule has 0 spiro atoms. The maximum atomic E-state index is 12.7. The largest absolute Gasteiger partial charge is 0.486 e. The van der Waals surface area contributed by atoms with Gasteiger partial charge in [-0.3, -0.25) is 9.59 Å². The van der Waals surface area contributed by atoms with E-state index in [-0.39, 0.29) is 29.7 Å². The maximum absolute atomic E-state index is 12.7. The van der Waals surface area contributed by atoms with Crippen molar-refractivity contribution in [3.63, 3.8) is 0 Å². The summed E-state index contributed by atoms with van der Waals surface area (Å²) >= 11 is 0. The van der Waals surface area contributed by atoms with Gasteiger partial charge in [0.2, 0.25) is 21.8 Å². The predicted octanol–water partition coefficient (Wildman–Crippen LogP) is 1.50. The topological polar surface area (TPSA) is 114 Å². The van der Waals surface area contributed by atoms with Crippen LogP contribution in [0, 0.1) is 0 Å². The molecule has 0 radical (unpaired) electrons. The maximum Gasteiger partial charge on any atom is 0.240 e. The van der Waals surface area contributed by atoms with Crippen LogP contribution in [0.5, 0.6) is 11.5 Å². The second-order valence-electron chi connectivity index (χ2n) is 7.06. The Labute approximate surface area is 174 Å². The van der Waals surface area contributed by atoms with Gasteiger partial charge in [-0.2, -0.15) is 0 Å². The highest BCUT2D eigenvalue weighted by Gasteiger charge is 2.34. The zero-order valence-electron chi connectivity index (χ0n) is 16.3. The van der Waals surface area contributed by atoms with E-state index in [2.05, 4.69) is 10.0 Å². The van der Waals surface area contributed by atoms with E-state index in [1.165, 1.54) is 36.1 Å². The first-order valence-corrected chi connectivity index (χ1v) is 10.9. The second kappa shape index (κ2) is 7.96. The molecule has 30 heavy (non-hydrogen) atoms. The van der Waals surface area contributed by atoms with Crippen molar-refractivity contribution in [2.45, 2.75) is 24.3 Å². The average molecular weight is 431 g/mol. The predicted molar refractivity (Wildman–Crippen MR) is 109 cm³/mol. The van der Waals surface area contributed by atoms with Gasteiger partial charge < -0.3 is 19.7 Å². The molecule has 1 fully saturated rings. The average Bonchev–Trinajstić information content (AvgIpc) is 3.07. The molecule has 2 heterocycles. The first-order valence-electron chi connectivity index (χ1n) is 9.42. The van der Waals surface area contributed by atoms with Crippen LogP contribution in [-0.2, 0) is 19.6 Å². The molecule has 0 bridgehead atoms. The second-order valence-corrected chi connectivity index (χ2v) is 8.77. The van der Waals surface area contributed by atoms with Crippen molar-refractivity contribution in [1.29, 1.82) is 0 Å². The fourth-order valence-corrected chi connectivity index (χ4v) is 4.67. The molecule has 10 heteroatoms. The molecule has 2 aromatic rings. The van der Waals surface area contributed by atoms with Gasteiger partial charge in [-0.05, 0) is 36.4 Å². The van der Waals surface area contributed by atoms with E-state index in [0.29, 0.717) is 36.1 Å². The normalized spacial score (nSPS) is 18.4. The van der Waals surface area contributed by atoms with E-state index >= 15 is 0 Å². The Kier molecular flexibility index (Phi) is 5.35. The van der Waals surface area contributed by atoms with Crippen molar-refractivity contribution in [2.75, 3.05) is 30.0 Å². The molecule has 158 valence electrons. The number of hydrogen-bond donors (Lipinski definition) is 2. The smallest absolute Gasteiger partial charge is 0.240 e. The van der Waals surface area contributed by atoms with Crippen molar-refractivity contribution in [1.82, 2.24) is 4.72 Å². The molecule has 2 aliphatic heterocycles. The minimum Gasteiger partial charge on any atom is -0.486 e. The summed E-state index contributed by atoms with van der Waals surface area (Å²) < 4.78 is 39.0. The highest BCUT2D eigenvalue weighted by Crippen LogP contribution is 2.35. The van der Waals surface area contributed by atoms with E-state index in [4.69, 9.17) is 9.47 Å². The van der Waals surface area contributed by atoms with E-state index in [9.17, 15) is 18.0 Å². The van der Waals surface area contributed by atoms with Crippen LogP contribution in [0.15, 0.2) is 47.4 Å². The molecular formula is C20H21N3O6S. The summed E-state index contributed by atoms with van der Waals surface area (Å²) in [6.07, 6.45) is 0.0532. The van der Waals surface area contributed by atoms with Crippen LogP contribution in [0.3, 0.4) is 0 Å². The first-order chi connectivity index (χ1) is 14.3. The molecule has 2 N–H and O–H groups in total. The van der Waals surface area contributed by atoms with E-state index in [1.54, 1.807) is 18.2 Å². The molecule has 9 nitrogen and oxygen atoms in total. The summed E-state index contributed by atoms with van der Waals surface area (Å²) in [5.74, 6) is 0.763. The lowest BCUT2D eigenvalue weighted by Crippen LogP contribution is -2.37. The third-order valence-electron chi connectivity index (χ3n) is 4.77. The molecule has 2 aromatic carbocycles. The van der Waals surface area contributed by atoms with Crippen molar-refractivity contribution >= 4 is 33.2 Å². The van der Waals surface area contributed by atoms with E-state index in [0.717, 1.165) is 0 Å². The summed E-state index contributed by atoms with van der Waals surface area (Å²) in [5, 5.41) is 2.58. The van der Waals surface area contributed by atoms with E-state index < -0.39 is 16.1 Å². The number of benzene rings is 2. The first kappa shape index (κ1) is 20.2. The highest BCUT2D eigenvalue weighted by molar-refractivity contribution is 7.89. The Hall–Kier alpha value is -3.11. The molecule has 2 amide bonds. The third-order valence-corrected chi connectivity index (χ3v) is 6.31. The Morgan fingerprint density at radius 1 is 1.07 bits per heavy atom. The highest BCUT2D eigenvalue weighted by atomic mass is 32.2. The van der Waals surface area contributed by atoms with Crippen LogP contribution in [0.25, 0.3) is 0 Å². The summed E-state index contributed by atoms with van der Waals surface area (Å²) in [5.41, 5.74) is 1.13. The molecule has 1 atom stereocenters. The van der Waals surface area contributed by atoms with Crippen LogP contribution in [0.1, 0.15) is 13.3 Å². The number of carbonyl (C=O) groups is 2. The summed E-state index contributed by atoms with van der Waals surface area (Å²) in [6, 6.07) is 10.5. The molecular weight excluding hydrogens is 410 g/mol. The lowest BCUT2D eigenvalue weighted by molar-refractivity contribution is -0.117. The number of anilines is 2. The van der Waals surface area contributed by atoms with Gasteiger partial charge in [-0.25, -0.2) is 13.1 Å². The summed E-state index contributed by atoms with van der Waals surface area (Å²) in [4.78, 5) is 25.2. The molecule has 0 aromatic heterocycles. The van der Waals surface area contributed by atoms with Crippen LogP contribution in [-0.4, -0.2) is 46.0 Å². The van der Waals surface area contributed by atoms with Gasteiger partial charge in [-0.15, -0.1) is 0 Å². The zero-order chi connectivity index (χ0) is 21.3. The van der Waals surface area contributed by atoms with Gasteiger partial charge in [0.25, 0.3) is 0 Å². The number of nitrogens with one attached hydrogen (secondary N) is 2. The number of nitrogens with zero attached hydrogens (tertiary/aromatic N) is 1. The summed E-state index contributed by atoms with van der Waals surface area (Å²) in [6.45, 7) is 2.50. The number of sulfonamides is 1. The monoisotopic (exact) mass is 431 g/mol. The standard InChI is InChI=1S/C20H21N3O6S/c1-13(24)21-14-2-5-17(6-3-14)30(26,27)22-15-10-20(25)23(12-15)16-4-7-18-19(11-16)29-9-8-28-18/h2-7,11,15,22H,8-10,12H2,1H3,(H,21,24)/t15-/m0/s1. The minimum absolute atomic E-state index is 0.0532. The number of amides is 2. The number of hydrogen-bond acceptors (Lipinski definition) is 6. The molecule has 2 aliphatic rings. The molecule has 1 saturated heterocycles. The van der Waals surface area contributed by atoms with Crippen molar-refractivity contribution < 1.29 is 27.5 Å². The van der Waals surface area contributed by atoms with Crippen molar-refractivity contribution in [3.05, 3.63) is 42.5 Å². The van der Waals surface area contributed by atoms with Gasteiger partial charge in [0.05, 0.1) is 4.90 Å². The number of carbonyl (C=O) groups excluding carboxylic acids is 2. The van der Waals surface area contributed by atoms with Crippen molar-refractivity contribution in [3.8, 4) is 11.5 Å². The number of ether oxygens (including phenoxy) is 2. The van der Waals surface area contributed by atoms with E-state index in [1.807, 2.05) is 0 Å². The zero-order valence-corrected chi connectivity index (χ0v) is 17.1. The molecule has 0 aliphatic carbocycles. The third kappa shape index (κ3) is 4.24. The van der Waals surface area contributed by atoms with Gasteiger partial charge in [0.15, 0.2) is 11.5 Å². The Bertz CT molecular complexity index is 1080. The van der Waals surface area contributed by atoms with Gasteiger partial charge in [-0.1, -0.05) is 0 Å². The van der Waals surface area contributed by atoms with Gasteiger partial charge in [0, 0.05) is 43.4 Å². The SMILES string of the molecule is CC(=O)Nc1ccc(S(=O)(=O)N[C@H]2CC(=O)N(c3ccc4c(c3)OCCO4)C2)cc1. The Morgan fingerprint density at radius 2 is 1.77 bits per heavy atom. The van der Waals surface area contributed by atoms with Gasteiger partial charge >= 0.3 is 0 Å². The number of rotatable bonds is 5. The summed E-state index contributed by atoms with van der Waals surface area (Å²) in [7, 11) is -3.82. The van der Waals surface area contributed by atoms with Gasteiger partial charge in [0.1, 0.15) is 13.2 Å². The number of fused-ring (bicyclic) bond motifs is 1. The Morgan fingerprint density at radius 3 is 2.47 bits per heavy atom. The Balaban J connectivity index is 1.45. The van der Waals surface area contributed by atoms with Crippen LogP contribution >= 0.6 is 0 Å². The quantitative estimate of drug-likeness (QED) is 0.742. The van der Waals surface area contributed by atoms with Crippen LogP contribution in [0.4, 0.5) is 11.4 Å². The lowest BCUT2D eigenvalue weighted by atomic mass is 10.2. The van der Waals surface area contributed by atoms with Crippen molar-refractivity contribution in [2.24, 2.45) is 0 Å². The molecule has 4 rings (SSSR count). The lowest BCUT2D eigenvalue weighted by Gasteiger charge is -2.22. The minimum atomic E-state index is -3.82. The fourth-order valence-electron chi connectivity index (χ4n) is 3.44. The van der Waals surface area contributed by atoms with Crippen LogP contribution < -0.4 is 24.4 Å². The fraction of sp³-hybridized carbons (Fsp3) is 0.300. The van der Waals surface area contributed by atoms with Crippen LogP contribution in [0.2, 0.25) is 0 Å².